The van der Waals surface area contributed by atoms with Gasteiger partial charge in [0.05, 0.1) is 12.6 Å². The van der Waals surface area contributed by atoms with Crippen molar-refractivity contribution in [3.05, 3.63) is 58.0 Å². The Kier molecular flexibility index (Phi) is 5.68. The van der Waals surface area contributed by atoms with E-state index in [2.05, 4.69) is 5.32 Å². The molecule has 3 rings (SSSR count). The number of thiophene rings is 1. The van der Waals surface area contributed by atoms with Crippen molar-refractivity contribution >= 4 is 23.2 Å². The summed E-state index contributed by atoms with van der Waals surface area (Å²) in [7, 11) is 0. The van der Waals surface area contributed by atoms with E-state index in [1.165, 1.54) is 23.5 Å². The van der Waals surface area contributed by atoms with Crippen LogP contribution in [0.25, 0.3) is 0 Å². The minimum Gasteiger partial charge on any atom is -0.480 e. The molecule has 5 nitrogen and oxygen atoms in total. The maximum absolute atomic E-state index is 13.2. The van der Waals surface area contributed by atoms with Gasteiger partial charge < -0.3 is 10.4 Å². The molecule has 1 fully saturated rings. The Labute approximate surface area is 155 Å². The third-order valence-electron chi connectivity index (χ3n) is 4.53. The van der Waals surface area contributed by atoms with Crippen molar-refractivity contribution in [2.24, 2.45) is 0 Å². The number of carboxylic acids is 1. The molecule has 138 valence electrons. The number of aliphatic carboxylic acids is 1. The number of hydrogen-bond donors (Lipinski definition) is 2. The Morgan fingerprint density at radius 2 is 2.00 bits per heavy atom. The Morgan fingerprint density at radius 3 is 2.54 bits per heavy atom. The molecule has 1 saturated carbocycles. The number of benzene rings is 1. The number of hydrogen-bond acceptors (Lipinski definition) is 4. The van der Waals surface area contributed by atoms with Crippen molar-refractivity contribution < 1.29 is 19.1 Å². The first-order valence-corrected chi connectivity index (χ1v) is 9.40. The van der Waals surface area contributed by atoms with E-state index in [1.54, 1.807) is 24.0 Å². The van der Waals surface area contributed by atoms with Gasteiger partial charge in [0.2, 0.25) is 5.91 Å². The van der Waals surface area contributed by atoms with Gasteiger partial charge >= 0.3 is 5.97 Å². The van der Waals surface area contributed by atoms with Crippen LogP contribution in [0, 0.1) is 5.82 Å². The van der Waals surface area contributed by atoms with E-state index in [1.807, 2.05) is 17.5 Å². The van der Waals surface area contributed by atoms with Crippen molar-refractivity contribution in [2.75, 3.05) is 6.54 Å². The van der Waals surface area contributed by atoms with Gasteiger partial charge in [0.15, 0.2) is 0 Å². The molecule has 2 unspecified atom stereocenters. The Bertz CT molecular complexity index is 760. The predicted octanol–water partition coefficient (Wildman–Crippen LogP) is 3.03. The lowest BCUT2D eigenvalue weighted by Gasteiger charge is -2.27. The summed E-state index contributed by atoms with van der Waals surface area (Å²) in [6.07, 6.45) is 1.83. The summed E-state index contributed by atoms with van der Waals surface area (Å²) in [5.41, 5.74) is 0.784. The number of carbonyl (C=O) groups is 2. The van der Waals surface area contributed by atoms with Crippen LogP contribution in [0.4, 0.5) is 4.39 Å². The van der Waals surface area contributed by atoms with Crippen molar-refractivity contribution in [1.29, 1.82) is 0 Å². The highest BCUT2D eigenvalue weighted by atomic mass is 32.1. The molecule has 2 atom stereocenters. The second-order valence-electron chi connectivity index (χ2n) is 6.49. The van der Waals surface area contributed by atoms with Gasteiger partial charge in [-0.2, -0.15) is 0 Å². The molecule has 0 radical (unpaired) electrons. The van der Waals surface area contributed by atoms with Crippen LogP contribution in [0.15, 0.2) is 41.8 Å². The van der Waals surface area contributed by atoms with E-state index >= 15 is 0 Å². The molecule has 0 saturated heterocycles. The van der Waals surface area contributed by atoms with E-state index in [0.29, 0.717) is 0 Å². The normalized spacial score (nSPS) is 16.3. The van der Waals surface area contributed by atoms with Gasteiger partial charge in [-0.15, -0.1) is 11.3 Å². The summed E-state index contributed by atoms with van der Waals surface area (Å²) in [6, 6.07) is 8.90. The molecule has 0 bridgehead atoms. The number of rotatable bonds is 8. The smallest absolute Gasteiger partial charge is 0.320 e. The third-order valence-corrected chi connectivity index (χ3v) is 5.47. The average Bonchev–Trinajstić information content (AvgIpc) is 3.31. The standard InChI is InChI=1S/C19H21FN2O3S/c1-12(19(24)25)22(15-8-9-15)11-17(23)21-18(16-3-2-10-26-16)13-4-6-14(20)7-5-13/h2-7,10,12,15,18H,8-9,11H2,1H3,(H,21,23)(H,24,25). The highest BCUT2D eigenvalue weighted by Crippen LogP contribution is 2.29. The maximum atomic E-state index is 13.2. The van der Waals surface area contributed by atoms with Gasteiger partial charge in [0.25, 0.3) is 0 Å². The lowest BCUT2D eigenvalue weighted by atomic mass is 10.1. The molecule has 0 spiro atoms. The van der Waals surface area contributed by atoms with E-state index in [9.17, 15) is 19.1 Å². The van der Waals surface area contributed by atoms with Crippen LogP contribution in [-0.4, -0.2) is 40.5 Å². The van der Waals surface area contributed by atoms with Gasteiger partial charge in [-0.1, -0.05) is 18.2 Å². The van der Waals surface area contributed by atoms with E-state index < -0.39 is 12.0 Å². The highest BCUT2D eigenvalue weighted by Gasteiger charge is 2.36. The zero-order chi connectivity index (χ0) is 18.7. The van der Waals surface area contributed by atoms with Crippen LogP contribution in [0.5, 0.6) is 0 Å². The number of amides is 1. The van der Waals surface area contributed by atoms with Crippen molar-refractivity contribution in [2.45, 2.75) is 37.9 Å². The molecule has 2 aromatic rings. The summed E-state index contributed by atoms with van der Waals surface area (Å²) >= 11 is 1.50. The molecule has 1 amide bonds. The fourth-order valence-electron chi connectivity index (χ4n) is 2.93. The largest absolute Gasteiger partial charge is 0.480 e. The number of nitrogens with one attached hydrogen (secondary N) is 1. The van der Waals surface area contributed by atoms with Gasteiger partial charge in [0, 0.05) is 10.9 Å². The first kappa shape index (κ1) is 18.5. The summed E-state index contributed by atoms with van der Waals surface area (Å²) in [5, 5.41) is 14.2. The van der Waals surface area contributed by atoms with Crippen LogP contribution in [-0.2, 0) is 9.59 Å². The number of nitrogens with zero attached hydrogens (tertiary/aromatic N) is 1. The third kappa shape index (κ3) is 4.47. The monoisotopic (exact) mass is 376 g/mol. The molecular weight excluding hydrogens is 355 g/mol. The van der Waals surface area contributed by atoms with Crippen LogP contribution in [0.3, 0.4) is 0 Å². The molecule has 26 heavy (non-hydrogen) atoms. The van der Waals surface area contributed by atoms with Crippen molar-refractivity contribution in [3.63, 3.8) is 0 Å². The Balaban J connectivity index is 1.75. The lowest BCUT2D eigenvalue weighted by molar-refractivity contribution is -0.143. The first-order valence-electron chi connectivity index (χ1n) is 8.52. The predicted molar refractivity (Wildman–Crippen MR) is 97.5 cm³/mol. The molecule has 0 aliphatic heterocycles. The Morgan fingerprint density at radius 1 is 1.31 bits per heavy atom. The van der Waals surface area contributed by atoms with Gasteiger partial charge in [0.1, 0.15) is 11.9 Å². The Hall–Kier alpha value is -2.25. The summed E-state index contributed by atoms with van der Waals surface area (Å²) in [4.78, 5) is 26.6. The van der Waals surface area contributed by atoms with E-state index in [0.717, 1.165) is 23.3 Å². The van der Waals surface area contributed by atoms with Crippen LogP contribution >= 0.6 is 11.3 Å². The molecule has 7 heteroatoms. The highest BCUT2D eigenvalue weighted by molar-refractivity contribution is 7.10. The maximum Gasteiger partial charge on any atom is 0.320 e. The quantitative estimate of drug-likeness (QED) is 0.743. The molecular formula is C19H21FN2O3S. The molecule has 1 aliphatic carbocycles. The van der Waals surface area contributed by atoms with Crippen molar-refractivity contribution in [3.8, 4) is 0 Å². The zero-order valence-corrected chi connectivity index (χ0v) is 15.2. The number of carboxylic acid groups (broad SMARTS) is 1. The van der Waals surface area contributed by atoms with E-state index in [4.69, 9.17) is 0 Å². The number of halogens is 1. The SMILES string of the molecule is CC(C(=O)O)N(CC(=O)NC(c1ccc(F)cc1)c1cccs1)C1CC1. The summed E-state index contributed by atoms with van der Waals surface area (Å²) < 4.78 is 13.2. The summed E-state index contributed by atoms with van der Waals surface area (Å²) in [6.45, 7) is 1.63. The van der Waals surface area contributed by atoms with E-state index in [-0.39, 0.29) is 30.4 Å². The average molecular weight is 376 g/mol. The molecule has 1 aromatic carbocycles. The first-order chi connectivity index (χ1) is 12.5. The second kappa shape index (κ2) is 7.97. The second-order valence-corrected chi connectivity index (χ2v) is 7.46. The minimum atomic E-state index is -0.932. The molecule has 1 heterocycles. The van der Waals surface area contributed by atoms with Gasteiger partial charge in [-0.05, 0) is 48.9 Å². The molecule has 1 aromatic heterocycles. The topological polar surface area (TPSA) is 69.6 Å². The lowest BCUT2D eigenvalue weighted by Crippen LogP contribution is -2.47. The van der Waals surface area contributed by atoms with Crippen LogP contribution in [0.2, 0.25) is 0 Å². The fourth-order valence-corrected chi connectivity index (χ4v) is 3.73. The van der Waals surface area contributed by atoms with Crippen molar-refractivity contribution in [1.82, 2.24) is 10.2 Å². The van der Waals surface area contributed by atoms with Crippen LogP contribution < -0.4 is 5.32 Å². The fraction of sp³-hybridized carbons (Fsp3) is 0.368. The molecule has 1 aliphatic rings. The molecule has 2 N–H and O–H groups in total. The van der Waals surface area contributed by atoms with Gasteiger partial charge in [-0.25, -0.2) is 4.39 Å². The van der Waals surface area contributed by atoms with Gasteiger partial charge in [-0.3, -0.25) is 14.5 Å². The van der Waals surface area contributed by atoms with Crippen LogP contribution in [0.1, 0.15) is 36.2 Å². The summed E-state index contributed by atoms with van der Waals surface area (Å²) in [5.74, 6) is -1.51. The zero-order valence-electron chi connectivity index (χ0n) is 14.4. The number of carbonyl (C=O) groups excluding carboxylic acids is 1. The minimum absolute atomic E-state index is 0.0290.